The van der Waals surface area contributed by atoms with Crippen molar-refractivity contribution in [3.8, 4) is 11.5 Å². The van der Waals surface area contributed by atoms with Crippen LogP contribution in [-0.2, 0) is 6.54 Å². The van der Waals surface area contributed by atoms with Crippen molar-refractivity contribution < 1.29 is 9.47 Å². The number of hydrogen-bond donors (Lipinski definition) is 2. The van der Waals surface area contributed by atoms with Crippen LogP contribution in [0.3, 0.4) is 0 Å². The molecule has 2 heterocycles. The SMILES string of the molecule is NC(=NCc1cccc(N2CC=CC2)c1)Nc1ccc2c(c1)OCCCO2. The number of nitrogens with two attached hydrogens (primary N) is 1. The van der Waals surface area contributed by atoms with Crippen LogP contribution in [0.5, 0.6) is 11.5 Å². The van der Waals surface area contributed by atoms with Crippen LogP contribution < -0.4 is 25.4 Å². The zero-order chi connectivity index (χ0) is 18.5. The number of guanidine groups is 1. The molecule has 6 heteroatoms. The molecule has 0 spiro atoms. The van der Waals surface area contributed by atoms with Gasteiger partial charge < -0.3 is 25.4 Å². The Kier molecular flexibility index (Phi) is 5.14. The molecule has 0 amide bonds. The Balaban J connectivity index is 1.40. The molecule has 6 nitrogen and oxygen atoms in total. The predicted molar refractivity (Wildman–Crippen MR) is 109 cm³/mol. The maximum absolute atomic E-state index is 6.07. The second kappa shape index (κ2) is 8.03. The number of nitrogens with one attached hydrogen (secondary N) is 1. The summed E-state index contributed by atoms with van der Waals surface area (Å²) in [5, 5.41) is 3.12. The molecule has 0 atom stereocenters. The lowest BCUT2D eigenvalue weighted by Crippen LogP contribution is -2.22. The van der Waals surface area contributed by atoms with Gasteiger partial charge in [0.2, 0.25) is 0 Å². The summed E-state index contributed by atoms with van der Waals surface area (Å²) in [7, 11) is 0. The van der Waals surface area contributed by atoms with E-state index >= 15 is 0 Å². The summed E-state index contributed by atoms with van der Waals surface area (Å²) in [4.78, 5) is 6.78. The van der Waals surface area contributed by atoms with Gasteiger partial charge in [-0.3, -0.25) is 0 Å². The third kappa shape index (κ3) is 4.34. The van der Waals surface area contributed by atoms with Crippen molar-refractivity contribution in [2.45, 2.75) is 13.0 Å². The van der Waals surface area contributed by atoms with Gasteiger partial charge in [-0.05, 0) is 29.8 Å². The van der Waals surface area contributed by atoms with Crippen LogP contribution in [0.4, 0.5) is 11.4 Å². The van der Waals surface area contributed by atoms with Gasteiger partial charge in [0.1, 0.15) is 0 Å². The maximum atomic E-state index is 6.07. The highest BCUT2D eigenvalue weighted by molar-refractivity contribution is 5.92. The zero-order valence-electron chi connectivity index (χ0n) is 15.2. The molecule has 0 fully saturated rings. The molecule has 2 aliphatic rings. The average Bonchev–Trinajstić information content (AvgIpc) is 3.13. The van der Waals surface area contributed by atoms with E-state index in [1.54, 1.807) is 0 Å². The van der Waals surface area contributed by atoms with E-state index < -0.39 is 0 Å². The summed E-state index contributed by atoms with van der Waals surface area (Å²) in [6.45, 7) is 3.78. The first-order valence-corrected chi connectivity index (χ1v) is 9.23. The van der Waals surface area contributed by atoms with Crippen molar-refractivity contribution in [3.05, 3.63) is 60.2 Å². The molecule has 3 N–H and O–H groups in total. The third-order valence-corrected chi connectivity index (χ3v) is 4.55. The van der Waals surface area contributed by atoms with Gasteiger partial charge in [-0.15, -0.1) is 0 Å². The van der Waals surface area contributed by atoms with Gasteiger partial charge in [0.05, 0.1) is 19.8 Å². The lowest BCUT2D eigenvalue weighted by Gasteiger charge is -2.18. The van der Waals surface area contributed by atoms with Crippen LogP contribution in [0.25, 0.3) is 0 Å². The summed E-state index contributed by atoms with van der Waals surface area (Å²) >= 11 is 0. The lowest BCUT2D eigenvalue weighted by molar-refractivity contribution is 0.297. The first-order chi connectivity index (χ1) is 13.3. The number of fused-ring (bicyclic) bond motifs is 1. The highest BCUT2D eigenvalue weighted by atomic mass is 16.5. The zero-order valence-corrected chi connectivity index (χ0v) is 15.2. The fourth-order valence-corrected chi connectivity index (χ4v) is 3.15. The minimum Gasteiger partial charge on any atom is -0.490 e. The van der Waals surface area contributed by atoms with Crippen LogP contribution in [0, 0.1) is 0 Å². The molecule has 0 saturated carbocycles. The van der Waals surface area contributed by atoms with E-state index in [-0.39, 0.29) is 0 Å². The van der Waals surface area contributed by atoms with E-state index in [0.29, 0.717) is 25.7 Å². The summed E-state index contributed by atoms with van der Waals surface area (Å²) in [5.74, 6) is 1.87. The fourth-order valence-electron chi connectivity index (χ4n) is 3.15. The lowest BCUT2D eigenvalue weighted by atomic mass is 10.2. The van der Waals surface area contributed by atoms with Crippen LogP contribution in [0.2, 0.25) is 0 Å². The standard InChI is InChI=1S/C21H24N4O2/c22-21(24-17-7-8-19-20(14-17)27-12-4-11-26-19)23-15-16-5-3-6-18(13-16)25-9-1-2-10-25/h1-3,5-8,13-14H,4,9-12,15H2,(H3,22,23,24). The van der Waals surface area contributed by atoms with Crippen LogP contribution in [-0.4, -0.2) is 32.3 Å². The molecule has 140 valence electrons. The highest BCUT2D eigenvalue weighted by Gasteiger charge is 2.11. The number of benzene rings is 2. The van der Waals surface area contributed by atoms with Crippen LogP contribution >= 0.6 is 0 Å². The Morgan fingerprint density at radius 2 is 1.85 bits per heavy atom. The van der Waals surface area contributed by atoms with Crippen molar-refractivity contribution in [1.29, 1.82) is 0 Å². The number of anilines is 2. The van der Waals surface area contributed by atoms with E-state index in [4.69, 9.17) is 15.2 Å². The van der Waals surface area contributed by atoms with E-state index in [1.807, 2.05) is 18.2 Å². The van der Waals surface area contributed by atoms with E-state index in [1.165, 1.54) is 5.69 Å². The second-order valence-electron chi connectivity index (χ2n) is 6.58. The molecule has 0 radical (unpaired) electrons. The molecule has 2 aliphatic heterocycles. The number of nitrogens with zero attached hydrogens (tertiary/aromatic N) is 2. The molecule has 0 unspecified atom stereocenters. The van der Waals surface area contributed by atoms with Gasteiger partial charge >= 0.3 is 0 Å². The van der Waals surface area contributed by atoms with Crippen molar-refractivity contribution in [2.75, 3.05) is 36.5 Å². The monoisotopic (exact) mass is 364 g/mol. The first kappa shape index (κ1) is 17.3. The summed E-state index contributed by atoms with van der Waals surface area (Å²) in [5.41, 5.74) is 9.24. The largest absolute Gasteiger partial charge is 0.490 e. The number of hydrogen-bond acceptors (Lipinski definition) is 4. The maximum Gasteiger partial charge on any atom is 0.193 e. The summed E-state index contributed by atoms with van der Waals surface area (Å²) < 4.78 is 11.4. The minimum absolute atomic E-state index is 0.373. The molecule has 0 aromatic heterocycles. The molecule has 4 rings (SSSR count). The number of rotatable bonds is 4. The Hall–Kier alpha value is -3.15. The Morgan fingerprint density at radius 1 is 1.04 bits per heavy atom. The molecule has 27 heavy (non-hydrogen) atoms. The average molecular weight is 364 g/mol. The third-order valence-electron chi connectivity index (χ3n) is 4.55. The normalized spacial score (nSPS) is 16.3. The Labute approximate surface area is 159 Å². The minimum atomic E-state index is 0.373. The van der Waals surface area contributed by atoms with Crippen LogP contribution in [0.15, 0.2) is 59.6 Å². The van der Waals surface area contributed by atoms with E-state index in [9.17, 15) is 0 Å². The molecule has 0 saturated heterocycles. The Bertz CT molecular complexity index is 855. The Morgan fingerprint density at radius 3 is 2.70 bits per heavy atom. The first-order valence-electron chi connectivity index (χ1n) is 9.23. The van der Waals surface area contributed by atoms with Crippen molar-refractivity contribution in [2.24, 2.45) is 10.7 Å². The van der Waals surface area contributed by atoms with E-state index in [2.05, 4.69) is 51.6 Å². The van der Waals surface area contributed by atoms with Gasteiger partial charge in [0.25, 0.3) is 0 Å². The summed E-state index contributed by atoms with van der Waals surface area (Å²) in [6, 6.07) is 14.1. The van der Waals surface area contributed by atoms with Crippen molar-refractivity contribution in [1.82, 2.24) is 0 Å². The highest BCUT2D eigenvalue weighted by Crippen LogP contribution is 2.32. The number of aliphatic imine (C=N–C) groups is 1. The smallest absolute Gasteiger partial charge is 0.193 e. The molecule has 2 aromatic carbocycles. The van der Waals surface area contributed by atoms with Crippen molar-refractivity contribution in [3.63, 3.8) is 0 Å². The predicted octanol–water partition coefficient (Wildman–Crippen LogP) is 3.15. The van der Waals surface area contributed by atoms with Crippen LogP contribution in [0.1, 0.15) is 12.0 Å². The molecule has 0 bridgehead atoms. The van der Waals surface area contributed by atoms with Gasteiger partial charge in [-0.1, -0.05) is 24.3 Å². The fraction of sp³-hybridized carbons (Fsp3) is 0.286. The van der Waals surface area contributed by atoms with Gasteiger partial charge in [0.15, 0.2) is 17.5 Å². The quantitative estimate of drug-likeness (QED) is 0.495. The van der Waals surface area contributed by atoms with Gasteiger partial charge in [0, 0.05) is 37.0 Å². The molecular formula is C21H24N4O2. The molecule has 0 aliphatic carbocycles. The molecule has 2 aromatic rings. The summed E-state index contributed by atoms with van der Waals surface area (Å²) in [6.07, 6.45) is 5.25. The van der Waals surface area contributed by atoms with Gasteiger partial charge in [-0.25, -0.2) is 4.99 Å². The van der Waals surface area contributed by atoms with E-state index in [0.717, 1.165) is 42.3 Å². The number of ether oxygens (including phenoxy) is 2. The second-order valence-corrected chi connectivity index (χ2v) is 6.58. The van der Waals surface area contributed by atoms with Gasteiger partial charge in [-0.2, -0.15) is 0 Å². The molecular weight excluding hydrogens is 340 g/mol. The topological polar surface area (TPSA) is 72.1 Å². The van der Waals surface area contributed by atoms with Crippen molar-refractivity contribution >= 4 is 17.3 Å².